The van der Waals surface area contributed by atoms with Gasteiger partial charge in [0.2, 0.25) is 5.95 Å². The second-order valence-corrected chi connectivity index (χ2v) is 7.60. The Morgan fingerprint density at radius 1 is 1.04 bits per heavy atom. The van der Waals surface area contributed by atoms with Crippen molar-refractivity contribution < 1.29 is 4.74 Å². The highest BCUT2D eigenvalue weighted by atomic mass is 35.5. The lowest BCUT2D eigenvalue weighted by Crippen LogP contribution is -2.39. The number of morpholine rings is 1. The minimum atomic E-state index is 0.457. The molecule has 0 aliphatic carbocycles. The van der Waals surface area contributed by atoms with Gasteiger partial charge in [-0.15, -0.1) is 0 Å². The molecule has 1 aromatic heterocycles. The van der Waals surface area contributed by atoms with Gasteiger partial charge in [0, 0.05) is 50.0 Å². The highest BCUT2D eigenvalue weighted by Gasteiger charge is 2.20. The fourth-order valence-corrected chi connectivity index (χ4v) is 3.76. The number of ether oxygens (including phenoxy) is 1. The molecule has 0 radical (unpaired) electrons. The summed E-state index contributed by atoms with van der Waals surface area (Å²) in [7, 11) is 0. The predicted octanol–water partition coefficient (Wildman–Crippen LogP) is 3.04. The number of anilines is 2. The predicted molar refractivity (Wildman–Crippen MR) is 108 cm³/mol. The maximum Gasteiger partial charge on any atom is 0.227 e. The van der Waals surface area contributed by atoms with Crippen LogP contribution in [0.25, 0.3) is 0 Å². The van der Waals surface area contributed by atoms with Gasteiger partial charge in [0.05, 0.1) is 13.2 Å². The average molecular weight is 388 g/mol. The van der Waals surface area contributed by atoms with Crippen molar-refractivity contribution in [2.75, 3.05) is 49.6 Å². The van der Waals surface area contributed by atoms with E-state index in [0.717, 1.165) is 75.6 Å². The normalized spacial score (nSPS) is 19.2. The Morgan fingerprint density at radius 3 is 2.52 bits per heavy atom. The number of likely N-dealkylation sites (tertiary alicyclic amines) is 1. The number of hydrogen-bond donors (Lipinski definition) is 1. The standard InChI is InChI=1S/C20H26ClN5O/c21-17-3-1-16(2-4-17)15-25-9-6-18(7-10-25)23-19-5-8-22-20(24-19)26-11-13-27-14-12-26/h1-5,8,18H,6-7,9-15H2,(H,22,23,24). The van der Waals surface area contributed by atoms with E-state index >= 15 is 0 Å². The van der Waals surface area contributed by atoms with Gasteiger partial charge in [-0.3, -0.25) is 4.90 Å². The summed E-state index contributed by atoms with van der Waals surface area (Å²) in [5, 5.41) is 4.39. The zero-order valence-electron chi connectivity index (χ0n) is 15.5. The fraction of sp³-hybridized carbons (Fsp3) is 0.500. The van der Waals surface area contributed by atoms with Crippen LogP contribution < -0.4 is 10.2 Å². The van der Waals surface area contributed by atoms with Crippen molar-refractivity contribution in [3.05, 3.63) is 47.1 Å². The molecule has 0 unspecified atom stereocenters. The molecule has 7 heteroatoms. The summed E-state index contributed by atoms with van der Waals surface area (Å²) in [6, 6.07) is 10.6. The molecule has 144 valence electrons. The molecule has 27 heavy (non-hydrogen) atoms. The third-order valence-corrected chi connectivity index (χ3v) is 5.45. The number of nitrogens with zero attached hydrogens (tertiary/aromatic N) is 4. The van der Waals surface area contributed by atoms with E-state index in [-0.39, 0.29) is 0 Å². The van der Waals surface area contributed by atoms with E-state index in [4.69, 9.17) is 21.3 Å². The Kier molecular flexibility index (Phi) is 6.07. The maximum atomic E-state index is 5.97. The third kappa shape index (κ3) is 5.09. The molecule has 2 aliphatic heterocycles. The minimum absolute atomic E-state index is 0.457. The Bertz CT molecular complexity index is 727. The number of benzene rings is 1. The second kappa shape index (κ2) is 8.87. The van der Waals surface area contributed by atoms with Crippen LogP contribution in [0.1, 0.15) is 18.4 Å². The zero-order chi connectivity index (χ0) is 18.5. The first-order valence-corrected chi connectivity index (χ1v) is 10.0. The lowest BCUT2D eigenvalue weighted by molar-refractivity contribution is 0.122. The Balaban J connectivity index is 1.28. The smallest absolute Gasteiger partial charge is 0.227 e. The van der Waals surface area contributed by atoms with Crippen LogP contribution in [0.15, 0.2) is 36.5 Å². The van der Waals surface area contributed by atoms with Crippen molar-refractivity contribution >= 4 is 23.4 Å². The molecular formula is C20H26ClN5O. The molecule has 6 nitrogen and oxygen atoms in total. The highest BCUT2D eigenvalue weighted by Crippen LogP contribution is 2.19. The van der Waals surface area contributed by atoms with Gasteiger partial charge in [-0.05, 0) is 36.6 Å². The molecule has 2 aliphatic rings. The molecule has 0 spiro atoms. The van der Waals surface area contributed by atoms with E-state index in [9.17, 15) is 0 Å². The SMILES string of the molecule is Clc1ccc(CN2CCC(Nc3ccnc(N4CCOCC4)n3)CC2)cc1. The first-order valence-electron chi connectivity index (χ1n) is 9.65. The van der Waals surface area contributed by atoms with E-state index in [2.05, 4.69) is 32.2 Å². The van der Waals surface area contributed by atoms with Crippen LogP contribution in [0.2, 0.25) is 5.02 Å². The Morgan fingerprint density at radius 2 is 1.78 bits per heavy atom. The molecule has 0 saturated carbocycles. The van der Waals surface area contributed by atoms with E-state index in [1.165, 1.54) is 5.56 Å². The van der Waals surface area contributed by atoms with Crippen molar-refractivity contribution in [3.63, 3.8) is 0 Å². The number of hydrogen-bond acceptors (Lipinski definition) is 6. The van der Waals surface area contributed by atoms with Crippen LogP contribution >= 0.6 is 11.6 Å². The molecule has 0 bridgehead atoms. The number of rotatable bonds is 5. The second-order valence-electron chi connectivity index (χ2n) is 7.16. The highest BCUT2D eigenvalue weighted by molar-refractivity contribution is 6.30. The fourth-order valence-electron chi connectivity index (χ4n) is 3.64. The van der Waals surface area contributed by atoms with Crippen molar-refractivity contribution in [1.82, 2.24) is 14.9 Å². The summed E-state index contributed by atoms with van der Waals surface area (Å²) < 4.78 is 5.41. The molecule has 2 saturated heterocycles. The summed E-state index contributed by atoms with van der Waals surface area (Å²) in [6.07, 6.45) is 4.07. The monoisotopic (exact) mass is 387 g/mol. The lowest BCUT2D eigenvalue weighted by Gasteiger charge is -2.33. The summed E-state index contributed by atoms with van der Waals surface area (Å²) in [6.45, 7) is 6.35. The molecule has 2 aromatic rings. The van der Waals surface area contributed by atoms with Gasteiger partial charge < -0.3 is 15.0 Å². The van der Waals surface area contributed by atoms with E-state index in [0.29, 0.717) is 6.04 Å². The summed E-state index contributed by atoms with van der Waals surface area (Å²) >= 11 is 5.97. The molecule has 0 atom stereocenters. The topological polar surface area (TPSA) is 53.5 Å². The van der Waals surface area contributed by atoms with Crippen LogP contribution in [0.3, 0.4) is 0 Å². The van der Waals surface area contributed by atoms with Crippen molar-refractivity contribution in [1.29, 1.82) is 0 Å². The Labute approximate surface area is 165 Å². The number of aromatic nitrogens is 2. The van der Waals surface area contributed by atoms with Crippen LogP contribution in [-0.2, 0) is 11.3 Å². The molecule has 3 heterocycles. The average Bonchev–Trinajstić information content (AvgIpc) is 2.72. The van der Waals surface area contributed by atoms with Crippen LogP contribution in [0, 0.1) is 0 Å². The Hall–Kier alpha value is -1.89. The molecule has 1 aromatic carbocycles. The summed E-state index contributed by atoms with van der Waals surface area (Å²) in [4.78, 5) is 13.8. The van der Waals surface area contributed by atoms with E-state index < -0.39 is 0 Å². The summed E-state index contributed by atoms with van der Waals surface area (Å²) in [5.41, 5.74) is 1.32. The number of halogens is 1. The van der Waals surface area contributed by atoms with Crippen LogP contribution in [0.5, 0.6) is 0 Å². The van der Waals surface area contributed by atoms with E-state index in [1.807, 2.05) is 24.4 Å². The summed E-state index contributed by atoms with van der Waals surface area (Å²) in [5.74, 6) is 1.71. The van der Waals surface area contributed by atoms with Crippen molar-refractivity contribution in [2.24, 2.45) is 0 Å². The number of piperidine rings is 1. The molecule has 1 N–H and O–H groups in total. The van der Waals surface area contributed by atoms with Gasteiger partial charge in [-0.2, -0.15) is 4.98 Å². The van der Waals surface area contributed by atoms with Crippen molar-refractivity contribution in [2.45, 2.75) is 25.4 Å². The zero-order valence-corrected chi connectivity index (χ0v) is 16.2. The molecule has 4 rings (SSSR count). The van der Waals surface area contributed by atoms with Gasteiger partial charge in [-0.1, -0.05) is 23.7 Å². The largest absolute Gasteiger partial charge is 0.378 e. The number of nitrogens with one attached hydrogen (secondary N) is 1. The molecule has 0 amide bonds. The van der Waals surface area contributed by atoms with Gasteiger partial charge in [0.25, 0.3) is 0 Å². The van der Waals surface area contributed by atoms with E-state index in [1.54, 1.807) is 0 Å². The van der Waals surface area contributed by atoms with Gasteiger partial charge >= 0.3 is 0 Å². The molecule has 2 fully saturated rings. The van der Waals surface area contributed by atoms with Gasteiger partial charge in [0.1, 0.15) is 5.82 Å². The molecular weight excluding hydrogens is 362 g/mol. The first kappa shape index (κ1) is 18.5. The van der Waals surface area contributed by atoms with Crippen molar-refractivity contribution in [3.8, 4) is 0 Å². The maximum absolute atomic E-state index is 5.97. The minimum Gasteiger partial charge on any atom is -0.378 e. The van der Waals surface area contributed by atoms with Gasteiger partial charge in [0.15, 0.2) is 0 Å². The quantitative estimate of drug-likeness (QED) is 0.851. The van der Waals surface area contributed by atoms with Crippen LogP contribution in [-0.4, -0.2) is 60.3 Å². The third-order valence-electron chi connectivity index (χ3n) is 5.20. The lowest BCUT2D eigenvalue weighted by atomic mass is 10.0. The van der Waals surface area contributed by atoms with Crippen LogP contribution in [0.4, 0.5) is 11.8 Å². The van der Waals surface area contributed by atoms with Gasteiger partial charge in [-0.25, -0.2) is 4.98 Å². The first-order chi connectivity index (χ1) is 13.3.